The van der Waals surface area contributed by atoms with Gasteiger partial charge in [0.25, 0.3) is 0 Å². The van der Waals surface area contributed by atoms with E-state index in [0.717, 1.165) is 0 Å². The maximum atomic E-state index is 3.77. The van der Waals surface area contributed by atoms with E-state index in [1.807, 2.05) is 22.7 Å². The highest BCUT2D eigenvalue weighted by atomic mass is 79.9. The van der Waals surface area contributed by atoms with Crippen LogP contribution in [0.5, 0.6) is 0 Å². The summed E-state index contributed by atoms with van der Waals surface area (Å²) >= 11 is 11.4. The molecule has 0 N–H and O–H groups in total. The molecule has 0 aliphatic heterocycles. The van der Waals surface area contributed by atoms with Gasteiger partial charge >= 0.3 is 0 Å². The summed E-state index contributed by atoms with van der Waals surface area (Å²) in [6.45, 7) is 4.61. The summed E-state index contributed by atoms with van der Waals surface area (Å²) < 4.78 is 2.58. The van der Waals surface area contributed by atoms with Crippen molar-refractivity contribution in [3.05, 3.63) is 30.8 Å². The normalized spacial score (nSPS) is 14.7. The van der Waals surface area contributed by atoms with Crippen LogP contribution in [0.25, 0.3) is 9.75 Å². The molecule has 0 saturated carbocycles. The van der Waals surface area contributed by atoms with Gasteiger partial charge in [-0.05, 0) is 68.0 Å². The number of hydrogen-bond donors (Lipinski definition) is 0. The summed E-state index contributed by atoms with van der Waals surface area (Å²) in [6, 6.07) is 4.86. The molecule has 2 heterocycles. The van der Waals surface area contributed by atoms with Crippen molar-refractivity contribution >= 4 is 54.5 Å². The molecule has 0 fully saturated rings. The van der Waals surface area contributed by atoms with Crippen LogP contribution in [0.15, 0.2) is 19.7 Å². The first-order valence-electron chi connectivity index (χ1n) is 9.72. The topological polar surface area (TPSA) is 0 Å². The molecule has 25 heavy (non-hydrogen) atoms. The van der Waals surface area contributed by atoms with Crippen LogP contribution in [0.3, 0.4) is 0 Å². The van der Waals surface area contributed by atoms with Crippen molar-refractivity contribution in [3.8, 4) is 9.75 Å². The van der Waals surface area contributed by atoms with E-state index in [1.54, 1.807) is 11.1 Å². The lowest BCUT2D eigenvalue weighted by molar-refractivity contribution is 0.402. The molecule has 138 valence electrons. The Labute approximate surface area is 177 Å². The molecule has 3 rings (SSSR count). The zero-order valence-electron chi connectivity index (χ0n) is 15.3. The van der Waals surface area contributed by atoms with E-state index in [1.165, 1.54) is 81.5 Å². The van der Waals surface area contributed by atoms with Crippen LogP contribution in [0, 0.1) is 0 Å². The van der Waals surface area contributed by atoms with Gasteiger partial charge in [0.05, 0.1) is 7.57 Å². The molecular weight excluding hydrogens is 476 g/mol. The van der Waals surface area contributed by atoms with Crippen molar-refractivity contribution in [2.24, 2.45) is 0 Å². The summed E-state index contributed by atoms with van der Waals surface area (Å²) in [5.74, 6) is 0. The van der Waals surface area contributed by atoms with Crippen molar-refractivity contribution in [3.63, 3.8) is 0 Å². The van der Waals surface area contributed by atoms with Crippen molar-refractivity contribution in [1.29, 1.82) is 0 Å². The third-order valence-electron chi connectivity index (χ3n) is 5.56. The molecule has 0 atom stereocenters. The van der Waals surface area contributed by atoms with Crippen molar-refractivity contribution in [2.45, 2.75) is 83.5 Å². The van der Waals surface area contributed by atoms with E-state index in [0.29, 0.717) is 0 Å². The zero-order chi connectivity index (χ0) is 17.9. The first-order chi connectivity index (χ1) is 12.1. The quantitative estimate of drug-likeness (QED) is 0.283. The van der Waals surface area contributed by atoms with Crippen molar-refractivity contribution in [1.82, 2.24) is 0 Å². The Hall–Kier alpha value is 0.360. The fourth-order valence-electron chi connectivity index (χ4n) is 4.29. The summed E-state index contributed by atoms with van der Waals surface area (Å²) in [5.41, 5.74) is 3.49. The van der Waals surface area contributed by atoms with Crippen LogP contribution in [0.2, 0.25) is 0 Å². The first kappa shape index (κ1) is 20.1. The van der Waals surface area contributed by atoms with Crippen LogP contribution < -0.4 is 0 Å². The Morgan fingerprint density at radius 3 is 1.56 bits per heavy atom. The lowest BCUT2D eigenvalue weighted by Crippen LogP contribution is -2.24. The molecule has 0 radical (unpaired) electrons. The summed E-state index contributed by atoms with van der Waals surface area (Å²) in [5, 5.41) is 0. The summed E-state index contributed by atoms with van der Waals surface area (Å²) in [4.78, 5) is 3.06. The van der Waals surface area contributed by atoms with Gasteiger partial charge < -0.3 is 0 Å². The molecule has 0 nitrogen and oxygen atoms in total. The Kier molecular flexibility index (Phi) is 7.26. The maximum absolute atomic E-state index is 3.77. The number of fused-ring (bicyclic) bond motifs is 3. The Morgan fingerprint density at radius 2 is 1.16 bits per heavy atom. The van der Waals surface area contributed by atoms with Gasteiger partial charge in [-0.2, -0.15) is 0 Å². The monoisotopic (exact) mass is 502 g/mol. The van der Waals surface area contributed by atoms with Gasteiger partial charge in [0.2, 0.25) is 0 Å². The highest BCUT2D eigenvalue weighted by Crippen LogP contribution is 2.60. The lowest BCUT2D eigenvalue weighted by Gasteiger charge is -2.31. The fraction of sp³-hybridized carbons (Fsp3) is 0.619. The SMILES string of the molecule is CCCCCCC1(CCCCCC)c2cc(Br)sc2-c2sc(Br)cc21. The average Bonchev–Trinajstić information content (AvgIpc) is 3.21. The summed E-state index contributed by atoms with van der Waals surface area (Å²) in [7, 11) is 0. The largest absolute Gasteiger partial charge is 0.127 e. The van der Waals surface area contributed by atoms with E-state index < -0.39 is 0 Å². The molecule has 0 aromatic carbocycles. The fourth-order valence-corrected chi connectivity index (χ4v) is 7.84. The minimum atomic E-state index is 0.261. The average molecular weight is 504 g/mol. The van der Waals surface area contributed by atoms with Gasteiger partial charge in [0.15, 0.2) is 0 Å². The number of unbranched alkanes of at least 4 members (excludes halogenated alkanes) is 6. The highest BCUT2D eigenvalue weighted by molar-refractivity contribution is 9.11. The smallest absolute Gasteiger partial charge is 0.0708 e. The van der Waals surface area contributed by atoms with Gasteiger partial charge in [-0.3, -0.25) is 0 Å². The molecule has 2 aromatic heterocycles. The van der Waals surface area contributed by atoms with Gasteiger partial charge in [0, 0.05) is 15.2 Å². The van der Waals surface area contributed by atoms with Crippen molar-refractivity contribution in [2.75, 3.05) is 0 Å². The van der Waals surface area contributed by atoms with Crippen LogP contribution in [0.4, 0.5) is 0 Å². The van der Waals surface area contributed by atoms with E-state index in [-0.39, 0.29) is 5.41 Å². The van der Waals surface area contributed by atoms with E-state index >= 15 is 0 Å². The second kappa shape index (κ2) is 9.03. The molecule has 0 saturated heterocycles. The van der Waals surface area contributed by atoms with Crippen molar-refractivity contribution < 1.29 is 0 Å². The molecule has 1 aliphatic carbocycles. The van der Waals surface area contributed by atoms with Crippen LogP contribution in [-0.2, 0) is 5.41 Å². The molecule has 2 aromatic rings. The number of thiophene rings is 2. The standard InChI is InChI=1S/C21H28Br2S2/c1-3-5-7-9-11-21(12-10-8-6-4-2)15-13-17(22)24-19(15)20-16(21)14-18(23)25-20/h13-14H,3-12H2,1-2H3. The van der Waals surface area contributed by atoms with E-state index in [4.69, 9.17) is 0 Å². The van der Waals surface area contributed by atoms with Gasteiger partial charge in [-0.1, -0.05) is 65.2 Å². The maximum Gasteiger partial charge on any atom is 0.0708 e. The van der Waals surface area contributed by atoms with E-state index in [9.17, 15) is 0 Å². The number of halogens is 2. The molecule has 0 bridgehead atoms. The van der Waals surface area contributed by atoms with Gasteiger partial charge in [-0.25, -0.2) is 0 Å². The third kappa shape index (κ3) is 4.12. The Morgan fingerprint density at radius 1 is 0.720 bits per heavy atom. The molecule has 4 heteroatoms. The zero-order valence-corrected chi connectivity index (χ0v) is 20.1. The number of hydrogen-bond acceptors (Lipinski definition) is 2. The Balaban J connectivity index is 1.93. The predicted molar refractivity (Wildman–Crippen MR) is 121 cm³/mol. The summed E-state index contributed by atoms with van der Waals surface area (Å²) in [6.07, 6.45) is 13.4. The molecule has 0 unspecified atom stereocenters. The second-order valence-electron chi connectivity index (χ2n) is 7.29. The van der Waals surface area contributed by atoms with Gasteiger partial charge in [-0.15, -0.1) is 22.7 Å². The second-order valence-corrected chi connectivity index (χ2v) is 12.2. The van der Waals surface area contributed by atoms with Crippen LogP contribution >= 0.6 is 54.5 Å². The van der Waals surface area contributed by atoms with Crippen LogP contribution in [0.1, 0.15) is 89.2 Å². The molecule has 0 spiro atoms. The van der Waals surface area contributed by atoms with Crippen LogP contribution in [-0.4, -0.2) is 0 Å². The minimum Gasteiger partial charge on any atom is -0.127 e. The van der Waals surface area contributed by atoms with E-state index in [2.05, 4.69) is 57.8 Å². The highest BCUT2D eigenvalue weighted by Gasteiger charge is 2.45. The lowest BCUT2D eigenvalue weighted by atomic mass is 9.71. The predicted octanol–water partition coefficient (Wildman–Crippen LogP) is 9.54. The first-order valence-corrected chi connectivity index (χ1v) is 12.9. The molecular formula is C21H28Br2S2. The minimum absolute atomic E-state index is 0.261. The molecule has 0 amide bonds. The third-order valence-corrected chi connectivity index (χ3v) is 9.00. The molecule has 1 aliphatic rings. The van der Waals surface area contributed by atoms with Gasteiger partial charge in [0.1, 0.15) is 0 Å². The number of rotatable bonds is 10. The Bertz CT molecular complexity index is 639.